The summed E-state index contributed by atoms with van der Waals surface area (Å²) in [5.41, 5.74) is 1.24. The molecule has 0 spiro atoms. The molecule has 0 atom stereocenters. The van der Waals surface area contributed by atoms with Crippen LogP contribution in [0.2, 0.25) is 0 Å². The zero-order valence-electron chi connectivity index (χ0n) is 12.7. The van der Waals surface area contributed by atoms with Crippen molar-refractivity contribution in [3.8, 4) is 0 Å². The predicted octanol–water partition coefficient (Wildman–Crippen LogP) is 3.40. The summed E-state index contributed by atoms with van der Waals surface area (Å²) in [5.74, 6) is 0.896. The van der Waals surface area contributed by atoms with Crippen LogP contribution < -0.4 is 0 Å². The van der Waals surface area contributed by atoms with Crippen LogP contribution >= 0.6 is 0 Å². The first-order valence-corrected chi connectivity index (χ1v) is 9.32. The summed E-state index contributed by atoms with van der Waals surface area (Å²) in [6, 6.07) is 7.29. The van der Waals surface area contributed by atoms with E-state index in [1.165, 1.54) is 37.7 Å². The van der Waals surface area contributed by atoms with E-state index in [9.17, 15) is 8.42 Å². The number of nitrogens with zero attached hydrogens (tertiary/aromatic N) is 2. The second-order valence-electron chi connectivity index (χ2n) is 5.90. The Morgan fingerprint density at radius 1 is 1.14 bits per heavy atom. The molecule has 5 nitrogen and oxygen atoms in total. The number of hydrogen-bond acceptors (Lipinski definition) is 5. The number of sulfone groups is 1. The van der Waals surface area contributed by atoms with Crippen LogP contribution in [0.5, 0.6) is 0 Å². The van der Waals surface area contributed by atoms with Crippen LogP contribution in [-0.4, -0.2) is 18.6 Å². The van der Waals surface area contributed by atoms with Crippen LogP contribution in [0.15, 0.2) is 33.7 Å². The minimum absolute atomic E-state index is 0.133. The summed E-state index contributed by atoms with van der Waals surface area (Å²) < 4.78 is 29.6. The van der Waals surface area contributed by atoms with E-state index in [0.29, 0.717) is 16.6 Å². The monoisotopic (exact) mass is 320 g/mol. The molecule has 6 heteroatoms. The quantitative estimate of drug-likeness (QED) is 0.863. The van der Waals surface area contributed by atoms with Crippen LogP contribution in [0.1, 0.15) is 55.3 Å². The fourth-order valence-corrected chi connectivity index (χ4v) is 4.19. The van der Waals surface area contributed by atoms with E-state index in [2.05, 4.69) is 10.1 Å². The van der Waals surface area contributed by atoms with Gasteiger partial charge in [0.25, 0.3) is 0 Å². The van der Waals surface area contributed by atoms with Crippen molar-refractivity contribution in [1.82, 2.24) is 10.1 Å². The highest BCUT2D eigenvalue weighted by Crippen LogP contribution is 2.33. The SMILES string of the molecule is Cc1noc(CS(=O)(=O)c2ccc(C3CCCCC3)cc2)n1. The molecule has 1 saturated carbocycles. The number of rotatable bonds is 4. The van der Waals surface area contributed by atoms with Gasteiger partial charge in [-0.25, -0.2) is 8.42 Å². The van der Waals surface area contributed by atoms with Gasteiger partial charge in [0.2, 0.25) is 5.89 Å². The summed E-state index contributed by atoms with van der Waals surface area (Å²) >= 11 is 0. The molecule has 1 aromatic carbocycles. The van der Waals surface area contributed by atoms with Crippen molar-refractivity contribution in [1.29, 1.82) is 0 Å². The van der Waals surface area contributed by atoms with E-state index in [0.717, 1.165) is 0 Å². The normalized spacial score (nSPS) is 16.8. The second-order valence-corrected chi connectivity index (χ2v) is 7.89. The average molecular weight is 320 g/mol. The predicted molar refractivity (Wildman–Crippen MR) is 82.2 cm³/mol. The maximum absolute atomic E-state index is 12.4. The van der Waals surface area contributed by atoms with Gasteiger partial charge in [0.15, 0.2) is 15.7 Å². The van der Waals surface area contributed by atoms with Crippen molar-refractivity contribution < 1.29 is 12.9 Å². The topological polar surface area (TPSA) is 73.1 Å². The molecule has 1 aromatic heterocycles. The lowest BCUT2D eigenvalue weighted by Gasteiger charge is -2.22. The number of hydrogen-bond donors (Lipinski definition) is 0. The number of aryl methyl sites for hydroxylation is 1. The van der Waals surface area contributed by atoms with E-state index in [1.807, 2.05) is 12.1 Å². The maximum atomic E-state index is 12.4. The Balaban J connectivity index is 1.76. The number of aromatic nitrogens is 2. The van der Waals surface area contributed by atoms with Gasteiger partial charge in [-0.1, -0.05) is 36.6 Å². The van der Waals surface area contributed by atoms with Gasteiger partial charge >= 0.3 is 0 Å². The van der Waals surface area contributed by atoms with Gasteiger partial charge in [-0.2, -0.15) is 4.98 Å². The first kappa shape index (κ1) is 15.2. The van der Waals surface area contributed by atoms with E-state index in [1.54, 1.807) is 19.1 Å². The van der Waals surface area contributed by atoms with E-state index in [4.69, 9.17) is 4.52 Å². The standard InChI is InChI=1S/C16H20N2O3S/c1-12-17-16(21-18-12)11-22(19,20)15-9-7-14(8-10-15)13-5-3-2-4-6-13/h7-10,13H,2-6,11H2,1H3. The summed E-state index contributed by atoms with van der Waals surface area (Å²) in [7, 11) is -3.44. The minimum Gasteiger partial charge on any atom is -0.338 e. The smallest absolute Gasteiger partial charge is 0.242 e. The second kappa shape index (κ2) is 6.20. The molecule has 1 fully saturated rings. The molecule has 1 heterocycles. The molecule has 3 rings (SSSR count). The van der Waals surface area contributed by atoms with Crippen LogP contribution in [0, 0.1) is 6.92 Å². The Bertz CT molecular complexity index is 729. The van der Waals surface area contributed by atoms with Gasteiger partial charge in [-0.05, 0) is 43.4 Å². The molecule has 0 saturated heterocycles. The Hall–Kier alpha value is -1.69. The van der Waals surface area contributed by atoms with E-state index >= 15 is 0 Å². The fourth-order valence-electron chi connectivity index (χ4n) is 3.03. The highest BCUT2D eigenvalue weighted by molar-refractivity contribution is 7.90. The molecule has 1 aliphatic rings. The van der Waals surface area contributed by atoms with Crippen LogP contribution in [-0.2, 0) is 15.6 Å². The first-order valence-electron chi connectivity index (χ1n) is 7.66. The highest BCUT2D eigenvalue weighted by atomic mass is 32.2. The Labute approximate surface area is 130 Å². The molecule has 0 radical (unpaired) electrons. The number of benzene rings is 1. The molecule has 22 heavy (non-hydrogen) atoms. The largest absolute Gasteiger partial charge is 0.338 e. The van der Waals surface area contributed by atoms with E-state index < -0.39 is 9.84 Å². The molecule has 1 aliphatic carbocycles. The third-order valence-electron chi connectivity index (χ3n) is 4.20. The summed E-state index contributed by atoms with van der Waals surface area (Å²) in [6.07, 6.45) is 6.25. The van der Waals surface area contributed by atoms with Gasteiger partial charge < -0.3 is 4.52 Å². The molecular weight excluding hydrogens is 300 g/mol. The van der Waals surface area contributed by atoms with Gasteiger partial charge in [-0.15, -0.1) is 0 Å². The Kier molecular flexibility index (Phi) is 4.29. The molecule has 2 aromatic rings. The Morgan fingerprint density at radius 2 is 1.82 bits per heavy atom. The van der Waals surface area contributed by atoms with Crippen molar-refractivity contribution in [3.63, 3.8) is 0 Å². The van der Waals surface area contributed by atoms with Crippen molar-refractivity contribution >= 4 is 9.84 Å². The van der Waals surface area contributed by atoms with Crippen LogP contribution in [0.4, 0.5) is 0 Å². The van der Waals surface area contributed by atoms with Crippen molar-refractivity contribution in [3.05, 3.63) is 41.5 Å². The molecule has 118 valence electrons. The minimum atomic E-state index is -3.44. The maximum Gasteiger partial charge on any atom is 0.242 e. The molecule has 0 bridgehead atoms. The lowest BCUT2D eigenvalue weighted by molar-refractivity contribution is 0.384. The molecule has 0 unspecified atom stereocenters. The van der Waals surface area contributed by atoms with Gasteiger partial charge in [0.05, 0.1) is 4.90 Å². The molecule has 0 aliphatic heterocycles. The summed E-state index contributed by atoms with van der Waals surface area (Å²) in [5, 5.41) is 3.62. The zero-order valence-corrected chi connectivity index (χ0v) is 13.5. The van der Waals surface area contributed by atoms with Gasteiger partial charge in [0, 0.05) is 0 Å². The van der Waals surface area contributed by atoms with Crippen LogP contribution in [0.25, 0.3) is 0 Å². The summed E-state index contributed by atoms with van der Waals surface area (Å²) in [6.45, 7) is 1.67. The molecule has 0 amide bonds. The van der Waals surface area contributed by atoms with Crippen molar-refractivity contribution in [2.24, 2.45) is 0 Å². The molecular formula is C16H20N2O3S. The highest BCUT2D eigenvalue weighted by Gasteiger charge is 2.21. The fraction of sp³-hybridized carbons (Fsp3) is 0.500. The van der Waals surface area contributed by atoms with Gasteiger partial charge in [0.1, 0.15) is 5.75 Å². The van der Waals surface area contributed by atoms with Crippen molar-refractivity contribution in [2.45, 2.75) is 55.6 Å². The van der Waals surface area contributed by atoms with Crippen molar-refractivity contribution in [2.75, 3.05) is 0 Å². The zero-order chi connectivity index (χ0) is 15.6. The lowest BCUT2D eigenvalue weighted by atomic mass is 9.84. The first-order chi connectivity index (χ1) is 10.5. The lowest BCUT2D eigenvalue weighted by Crippen LogP contribution is -2.07. The summed E-state index contributed by atoms with van der Waals surface area (Å²) in [4.78, 5) is 4.26. The van der Waals surface area contributed by atoms with Crippen LogP contribution in [0.3, 0.4) is 0 Å². The Morgan fingerprint density at radius 3 is 2.41 bits per heavy atom. The third-order valence-corrected chi connectivity index (χ3v) is 5.82. The average Bonchev–Trinajstić information content (AvgIpc) is 2.93. The molecule has 0 N–H and O–H groups in total. The third kappa shape index (κ3) is 3.38. The van der Waals surface area contributed by atoms with Gasteiger partial charge in [-0.3, -0.25) is 0 Å². The van der Waals surface area contributed by atoms with E-state index in [-0.39, 0.29) is 11.6 Å².